The molecule has 0 unspecified atom stereocenters. The SMILES string of the molecule is CC(C)(C)OC(=O)N1CCN(Cc2ncccc2O)CC1. The Kier molecular flexibility index (Phi) is 4.67. The van der Waals surface area contributed by atoms with Gasteiger partial charge in [0.05, 0.1) is 5.69 Å². The molecular formula is C15H23N3O3. The molecule has 0 aromatic carbocycles. The number of rotatable bonds is 2. The normalized spacial score (nSPS) is 16.8. The molecule has 0 atom stereocenters. The van der Waals surface area contributed by atoms with Crippen LogP contribution in [0.4, 0.5) is 4.79 Å². The number of aromatic nitrogens is 1. The monoisotopic (exact) mass is 293 g/mol. The number of piperazine rings is 1. The van der Waals surface area contributed by atoms with Gasteiger partial charge in [-0.15, -0.1) is 0 Å². The van der Waals surface area contributed by atoms with Gasteiger partial charge in [-0.2, -0.15) is 0 Å². The van der Waals surface area contributed by atoms with E-state index in [9.17, 15) is 9.90 Å². The topological polar surface area (TPSA) is 65.9 Å². The highest BCUT2D eigenvalue weighted by Gasteiger charge is 2.26. The minimum Gasteiger partial charge on any atom is -0.506 e. The van der Waals surface area contributed by atoms with Crippen molar-refractivity contribution < 1.29 is 14.6 Å². The lowest BCUT2D eigenvalue weighted by Gasteiger charge is -2.35. The summed E-state index contributed by atoms with van der Waals surface area (Å²) < 4.78 is 5.37. The number of hydrogen-bond donors (Lipinski definition) is 1. The fourth-order valence-corrected chi connectivity index (χ4v) is 2.18. The lowest BCUT2D eigenvalue weighted by molar-refractivity contribution is 0.0137. The Bertz CT molecular complexity index is 491. The van der Waals surface area contributed by atoms with E-state index in [0.717, 1.165) is 13.1 Å². The first-order valence-electron chi connectivity index (χ1n) is 7.18. The van der Waals surface area contributed by atoms with E-state index in [4.69, 9.17) is 4.74 Å². The highest BCUT2D eigenvalue weighted by Crippen LogP contribution is 2.17. The molecule has 6 nitrogen and oxygen atoms in total. The predicted molar refractivity (Wildman–Crippen MR) is 79.0 cm³/mol. The summed E-state index contributed by atoms with van der Waals surface area (Å²) in [6, 6.07) is 3.35. The van der Waals surface area contributed by atoms with Crippen LogP contribution in [0.15, 0.2) is 18.3 Å². The quantitative estimate of drug-likeness (QED) is 0.901. The van der Waals surface area contributed by atoms with Gasteiger partial charge in [-0.1, -0.05) is 0 Å². The Labute approximate surface area is 125 Å². The minimum absolute atomic E-state index is 0.215. The summed E-state index contributed by atoms with van der Waals surface area (Å²) in [6.45, 7) is 8.94. The lowest BCUT2D eigenvalue weighted by atomic mass is 10.2. The van der Waals surface area contributed by atoms with Crippen molar-refractivity contribution in [1.29, 1.82) is 0 Å². The largest absolute Gasteiger partial charge is 0.506 e. The van der Waals surface area contributed by atoms with Crippen LogP contribution in [0.25, 0.3) is 0 Å². The number of hydrogen-bond acceptors (Lipinski definition) is 5. The van der Waals surface area contributed by atoms with Gasteiger partial charge in [-0.3, -0.25) is 9.88 Å². The van der Waals surface area contributed by atoms with Crippen LogP contribution in [0.1, 0.15) is 26.5 Å². The number of aromatic hydroxyl groups is 1. The van der Waals surface area contributed by atoms with Crippen LogP contribution < -0.4 is 0 Å². The summed E-state index contributed by atoms with van der Waals surface area (Å²) in [5.74, 6) is 0.215. The second-order valence-corrected chi connectivity index (χ2v) is 6.21. The van der Waals surface area contributed by atoms with E-state index in [0.29, 0.717) is 25.3 Å². The van der Waals surface area contributed by atoms with E-state index in [1.165, 1.54) is 0 Å². The minimum atomic E-state index is -0.464. The third-order valence-corrected chi connectivity index (χ3v) is 3.26. The van der Waals surface area contributed by atoms with Crippen molar-refractivity contribution >= 4 is 6.09 Å². The molecule has 0 aliphatic carbocycles. The van der Waals surface area contributed by atoms with E-state index in [1.54, 1.807) is 23.2 Å². The van der Waals surface area contributed by atoms with E-state index in [1.807, 2.05) is 20.8 Å². The second-order valence-electron chi connectivity index (χ2n) is 6.21. The van der Waals surface area contributed by atoms with Crippen LogP contribution in [0.3, 0.4) is 0 Å². The van der Waals surface area contributed by atoms with Crippen LogP contribution in [0.5, 0.6) is 5.75 Å². The number of nitrogens with zero attached hydrogens (tertiary/aromatic N) is 3. The van der Waals surface area contributed by atoms with Crippen molar-refractivity contribution in [3.05, 3.63) is 24.0 Å². The molecule has 1 N–H and O–H groups in total. The fraction of sp³-hybridized carbons (Fsp3) is 0.600. The van der Waals surface area contributed by atoms with Crippen molar-refractivity contribution in [2.75, 3.05) is 26.2 Å². The summed E-state index contributed by atoms with van der Waals surface area (Å²) in [7, 11) is 0. The van der Waals surface area contributed by atoms with Crippen LogP contribution in [-0.4, -0.2) is 57.8 Å². The van der Waals surface area contributed by atoms with E-state index >= 15 is 0 Å². The molecule has 0 bridgehead atoms. The molecule has 0 radical (unpaired) electrons. The Morgan fingerprint density at radius 2 is 2.00 bits per heavy atom. The zero-order chi connectivity index (χ0) is 15.5. The Balaban J connectivity index is 1.83. The number of amides is 1. The van der Waals surface area contributed by atoms with Crippen molar-refractivity contribution in [3.63, 3.8) is 0 Å². The molecule has 1 aliphatic heterocycles. The Morgan fingerprint density at radius 3 is 2.57 bits per heavy atom. The molecule has 1 aromatic rings. The molecule has 1 aromatic heterocycles. The summed E-state index contributed by atoms with van der Waals surface area (Å²) in [5, 5.41) is 9.74. The fourth-order valence-electron chi connectivity index (χ4n) is 2.18. The number of ether oxygens (including phenoxy) is 1. The van der Waals surface area contributed by atoms with Gasteiger partial charge in [0.2, 0.25) is 0 Å². The van der Waals surface area contributed by atoms with Gasteiger partial charge in [0.1, 0.15) is 11.4 Å². The van der Waals surface area contributed by atoms with Gasteiger partial charge in [0.15, 0.2) is 0 Å². The van der Waals surface area contributed by atoms with Crippen LogP contribution >= 0.6 is 0 Å². The third kappa shape index (κ3) is 4.60. The van der Waals surface area contributed by atoms with E-state index in [2.05, 4.69) is 9.88 Å². The van der Waals surface area contributed by atoms with Gasteiger partial charge >= 0.3 is 6.09 Å². The highest BCUT2D eigenvalue weighted by atomic mass is 16.6. The van der Waals surface area contributed by atoms with E-state index in [-0.39, 0.29) is 11.8 Å². The average molecular weight is 293 g/mol. The van der Waals surface area contributed by atoms with Gasteiger partial charge < -0.3 is 14.7 Å². The van der Waals surface area contributed by atoms with E-state index < -0.39 is 5.60 Å². The van der Waals surface area contributed by atoms with Gasteiger partial charge in [-0.25, -0.2) is 4.79 Å². The molecule has 21 heavy (non-hydrogen) atoms. The van der Waals surface area contributed by atoms with Gasteiger partial charge in [-0.05, 0) is 32.9 Å². The van der Waals surface area contributed by atoms with Gasteiger partial charge in [0, 0.05) is 38.9 Å². The number of pyridine rings is 1. The third-order valence-electron chi connectivity index (χ3n) is 3.26. The summed E-state index contributed by atoms with van der Waals surface area (Å²) in [6.07, 6.45) is 1.41. The van der Waals surface area contributed by atoms with Crippen LogP contribution in [-0.2, 0) is 11.3 Å². The summed E-state index contributed by atoms with van der Waals surface area (Å²) in [5.41, 5.74) is 0.205. The zero-order valence-corrected chi connectivity index (χ0v) is 12.9. The van der Waals surface area contributed by atoms with Crippen LogP contribution in [0.2, 0.25) is 0 Å². The molecule has 6 heteroatoms. The maximum Gasteiger partial charge on any atom is 0.410 e. The smallest absolute Gasteiger partial charge is 0.410 e. The number of carbonyl (C=O) groups is 1. The predicted octanol–water partition coefficient (Wildman–Crippen LogP) is 1.84. The molecule has 0 spiro atoms. The summed E-state index contributed by atoms with van der Waals surface area (Å²) in [4.78, 5) is 20.0. The van der Waals surface area contributed by atoms with Crippen molar-refractivity contribution in [1.82, 2.24) is 14.8 Å². The molecule has 0 saturated carbocycles. The first kappa shape index (κ1) is 15.6. The highest BCUT2D eigenvalue weighted by molar-refractivity contribution is 5.68. The number of carbonyl (C=O) groups excluding carboxylic acids is 1. The lowest BCUT2D eigenvalue weighted by Crippen LogP contribution is -2.49. The maximum atomic E-state index is 12.0. The molecule has 2 rings (SSSR count). The van der Waals surface area contributed by atoms with Crippen molar-refractivity contribution in [3.8, 4) is 5.75 Å². The zero-order valence-electron chi connectivity index (χ0n) is 12.9. The summed E-state index contributed by atoms with van der Waals surface area (Å²) >= 11 is 0. The van der Waals surface area contributed by atoms with Gasteiger partial charge in [0.25, 0.3) is 0 Å². The maximum absolute atomic E-state index is 12.0. The molecular weight excluding hydrogens is 270 g/mol. The standard InChI is InChI=1S/C15H23N3O3/c1-15(2,3)21-14(20)18-9-7-17(8-10-18)11-12-13(19)5-4-6-16-12/h4-6,19H,7-11H2,1-3H3. The second kappa shape index (κ2) is 6.30. The Morgan fingerprint density at radius 1 is 1.33 bits per heavy atom. The molecule has 1 amide bonds. The Hall–Kier alpha value is -1.82. The average Bonchev–Trinajstić information content (AvgIpc) is 2.40. The molecule has 2 heterocycles. The van der Waals surface area contributed by atoms with Crippen molar-refractivity contribution in [2.45, 2.75) is 32.9 Å². The van der Waals surface area contributed by atoms with Crippen molar-refractivity contribution in [2.24, 2.45) is 0 Å². The first-order valence-corrected chi connectivity index (χ1v) is 7.18. The van der Waals surface area contributed by atoms with Crippen LogP contribution in [0, 0.1) is 0 Å². The molecule has 116 valence electrons. The molecule has 1 fully saturated rings. The molecule has 1 saturated heterocycles. The first-order chi connectivity index (χ1) is 9.85. The molecule has 1 aliphatic rings.